The van der Waals surface area contributed by atoms with Crippen LogP contribution in [0.4, 0.5) is 0 Å². The average molecular weight is 341 g/mol. The molecule has 0 fully saturated rings. The Labute approximate surface area is 119 Å². The first-order valence-corrected chi connectivity index (χ1v) is 7.48. The van der Waals surface area contributed by atoms with Crippen LogP contribution in [0.3, 0.4) is 0 Å². The zero-order valence-electron chi connectivity index (χ0n) is 9.62. The minimum Gasteiger partial charge on any atom is -0.378 e. The van der Waals surface area contributed by atoms with Gasteiger partial charge in [-0.25, -0.2) is 0 Å². The van der Waals surface area contributed by atoms with Gasteiger partial charge in [0, 0.05) is 4.47 Å². The first-order chi connectivity index (χ1) is 9.04. The van der Waals surface area contributed by atoms with E-state index in [1.807, 2.05) is 0 Å². The second kappa shape index (κ2) is 5.54. The molecule has 0 aliphatic carbocycles. The van der Waals surface area contributed by atoms with Crippen molar-refractivity contribution in [3.05, 3.63) is 58.6 Å². The second-order valence-electron chi connectivity index (χ2n) is 3.62. The quantitative estimate of drug-likeness (QED) is 0.634. The molecule has 0 heterocycles. The number of carbonyl (C=O) groups is 1. The van der Waals surface area contributed by atoms with Crippen molar-refractivity contribution in [2.45, 2.75) is 4.90 Å². The molecule has 2 rings (SSSR count). The van der Waals surface area contributed by atoms with Crippen LogP contribution in [0.5, 0.6) is 5.75 Å². The summed E-state index contributed by atoms with van der Waals surface area (Å²) in [7, 11) is -3.98. The summed E-state index contributed by atoms with van der Waals surface area (Å²) in [6.45, 7) is 0. The molecule has 0 amide bonds. The zero-order chi connectivity index (χ0) is 13.9. The van der Waals surface area contributed by atoms with Gasteiger partial charge < -0.3 is 4.18 Å². The molecule has 0 N–H and O–H groups in total. The van der Waals surface area contributed by atoms with E-state index in [1.165, 1.54) is 18.2 Å². The summed E-state index contributed by atoms with van der Waals surface area (Å²) in [6, 6.07) is 12.4. The molecule has 6 heteroatoms. The van der Waals surface area contributed by atoms with Gasteiger partial charge in [-0.1, -0.05) is 24.3 Å². The van der Waals surface area contributed by atoms with Gasteiger partial charge in [0.25, 0.3) is 0 Å². The van der Waals surface area contributed by atoms with Crippen LogP contribution >= 0.6 is 15.9 Å². The van der Waals surface area contributed by atoms with Crippen molar-refractivity contribution in [1.29, 1.82) is 0 Å². The Morgan fingerprint density at radius 3 is 2.32 bits per heavy atom. The summed E-state index contributed by atoms with van der Waals surface area (Å²) in [6.07, 6.45) is 0.547. The Bertz CT molecular complexity index is 710. The summed E-state index contributed by atoms with van der Waals surface area (Å²) in [4.78, 5) is 10.8. The third kappa shape index (κ3) is 3.02. The highest BCUT2D eigenvalue weighted by Gasteiger charge is 2.20. The maximum atomic E-state index is 12.1. The van der Waals surface area contributed by atoms with Crippen molar-refractivity contribution in [2.75, 3.05) is 0 Å². The fourth-order valence-electron chi connectivity index (χ4n) is 1.46. The van der Waals surface area contributed by atoms with Crippen molar-refractivity contribution in [3.8, 4) is 5.75 Å². The monoisotopic (exact) mass is 340 g/mol. The van der Waals surface area contributed by atoms with Crippen molar-refractivity contribution in [2.24, 2.45) is 0 Å². The maximum absolute atomic E-state index is 12.1. The Hall–Kier alpha value is -1.66. The highest BCUT2D eigenvalue weighted by Crippen LogP contribution is 2.26. The topological polar surface area (TPSA) is 60.4 Å². The molecule has 0 aliphatic rings. The zero-order valence-corrected chi connectivity index (χ0v) is 12.0. The summed E-state index contributed by atoms with van der Waals surface area (Å²) in [5.74, 6) is 0.00764. The largest absolute Gasteiger partial charge is 0.378 e. The predicted octanol–water partition coefficient (Wildman–Crippen LogP) is 3.03. The van der Waals surface area contributed by atoms with Crippen LogP contribution in [0.15, 0.2) is 57.9 Å². The average Bonchev–Trinajstić information content (AvgIpc) is 2.39. The number of halogens is 1. The molecule has 2 aromatic rings. The first-order valence-electron chi connectivity index (χ1n) is 5.28. The summed E-state index contributed by atoms with van der Waals surface area (Å²) in [5, 5.41) is 0. The maximum Gasteiger partial charge on any atom is 0.340 e. The number of carbonyl (C=O) groups excluding carboxylic acids is 1. The van der Waals surface area contributed by atoms with Gasteiger partial charge in [0.1, 0.15) is 4.90 Å². The number of hydrogen-bond acceptors (Lipinski definition) is 4. The summed E-state index contributed by atoms with van der Waals surface area (Å²) >= 11 is 3.15. The van der Waals surface area contributed by atoms with Crippen LogP contribution in [0.25, 0.3) is 0 Å². The minimum atomic E-state index is -3.98. The second-order valence-corrected chi connectivity index (χ2v) is 5.99. The molecule has 0 unspecified atom stereocenters. The lowest BCUT2D eigenvalue weighted by molar-refractivity contribution is 0.112. The highest BCUT2D eigenvalue weighted by molar-refractivity contribution is 9.10. The van der Waals surface area contributed by atoms with Gasteiger partial charge in [-0.3, -0.25) is 4.79 Å². The van der Waals surface area contributed by atoms with E-state index in [-0.39, 0.29) is 16.2 Å². The molecule has 0 radical (unpaired) electrons. The normalized spacial score (nSPS) is 11.0. The molecule has 19 heavy (non-hydrogen) atoms. The molecule has 2 aromatic carbocycles. The molecule has 0 spiro atoms. The van der Waals surface area contributed by atoms with Crippen LogP contribution in [0.2, 0.25) is 0 Å². The Morgan fingerprint density at radius 1 is 1.00 bits per heavy atom. The standard InChI is InChI=1S/C13H9BrO4S/c14-11-6-2-4-8-13(11)19(16,17)18-12-7-3-1-5-10(12)9-15/h1-9H. The van der Waals surface area contributed by atoms with Gasteiger partial charge in [-0.2, -0.15) is 8.42 Å². The van der Waals surface area contributed by atoms with Crippen LogP contribution in [0.1, 0.15) is 10.4 Å². The van der Waals surface area contributed by atoms with Crippen LogP contribution in [0, 0.1) is 0 Å². The molecule has 0 aromatic heterocycles. The van der Waals surface area contributed by atoms with Gasteiger partial charge in [0.15, 0.2) is 12.0 Å². The SMILES string of the molecule is O=Cc1ccccc1OS(=O)(=O)c1ccccc1Br. The van der Waals surface area contributed by atoms with E-state index in [0.717, 1.165) is 0 Å². The fourth-order valence-corrected chi connectivity index (χ4v) is 3.37. The lowest BCUT2D eigenvalue weighted by Gasteiger charge is -2.09. The Morgan fingerprint density at radius 2 is 1.63 bits per heavy atom. The van der Waals surface area contributed by atoms with Crippen LogP contribution < -0.4 is 4.18 Å². The van der Waals surface area contributed by atoms with E-state index < -0.39 is 10.1 Å². The van der Waals surface area contributed by atoms with Crippen molar-refractivity contribution >= 4 is 32.3 Å². The van der Waals surface area contributed by atoms with Crippen molar-refractivity contribution < 1.29 is 17.4 Å². The smallest absolute Gasteiger partial charge is 0.340 e. The number of hydrogen-bond donors (Lipinski definition) is 0. The predicted molar refractivity (Wildman–Crippen MR) is 73.8 cm³/mol. The van der Waals surface area contributed by atoms with E-state index >= 15 is 0 Å². The molecule has 0 saturated carbocycles. The lowest BCUT2D eigenvalue weighted by Crippen LogP contribution is -2.11. The van der Waals surface area contributed by atoms with Gasteiger partial charge in [-0.05, 0) is 40.2 Å². The number of rotatable bonds is 4. The highest BCUT2D eigenvalue weighted by atomic mass is 79.9. The molecular formula is C13H9BrO4S. The molecular weight excluding hydrogens is 332 g/mol. The van der Waals surface area contributed by atoms with E-state index in [1.54, 1.807) is 30.3 Å². The van der Waals surface area contributed by atoms with E-state index in [4.69, 9.17) is 4.18 Å². The van der Waals surface area contributed by atoms with Gasteiger partial charge in [0.2, 0.25) is 0 Å². The van der Waals surface area contributed by atoms with Gasteiger partial charge >= 0.3 is 10.1 Å². The van der Waals surface area contributed by atoms with E-state index in [2.05, 4.69) is 15.9 Å². The molecule has 0 saturated heterocycles. The van der Waals surface area contributed by atoms with E-state index in [0.29, 0.717) is 10.8 Å². The molecule has 0 atom stereocenters. The molecule has 4 nitrogen and oxygen atoms in total. The van der Waals surface area contributed by atoms with Crippen LogP contribution in [-0.4, -0.2) is 14.7 Å². The van der Waals surface area contributed by atoms with Gasteiger partial charge in [-0.15, -0.1) is 0 Å². The molecule has 0 bridgehead atoms. The number of para-hydroxylation sites is 1. The minimum absolute atomic E-state index is 0.00764. The van der Waals surface area contributed by atoms with E-state index in [9.17, 15) is 13.2 Å². The Balaban J connectivity index is 2.43. The third-order valence-electron chi connectivity index (χ3n) is 2.35. The first kappa shape index (κ1) is 13.8. The van der Waals surface area contributed by atoms with Crippen molar-refractivity contribution in [3.63, 3.8) is 0 Å². The van der Waals surface area contributed by atoms with Crippen LogP contribution in [-0.2, 0) is 10.1 Å². The summed E-state index contributed by atoms with van der Waals surface area (Å²) in [5.41, 5.74) is 0.179. The van der Waals surface area contributed by atoms with Gasteiger partial charge in [0.05, 0.1) is 5.56 Å². The number of benzene rings is 2. The molecule has 98 valence electrons. The van der Waals surface area contributed by atoms with Crippen molar-refractivity contribution in [1.82, 2.24) is 0 Å². The molecule has 0 aliphatic heterocycles. The summed E-state index contributed by atoms with van der Waals surface area (Å²) < 4.78 is 29.6. The lowest BCUT2D eigenvalue weighted by atomic mass is 10.2. The Kier molecular flexibility index (Phi) is 4.01. The fraction of sp³-hybridized carbons (Fsp3) is 0. The third-order valence-corrected chi connectivity index (χ3v) is 4.60. The number of aldehydes is 1.